The van der Waals surface area contributed by atoms with Gasteiger partial charge in [0.25, 0.3) is 0 Å². The van der Waals surface area contributed by atoms with Crippen molar-refractivity contribution in [1.29, 1.82) is 0 Å². The number of hydrogen-bond donors (Lipinski definition) is 3. The Morgan fingerprint density at radius 1 is 1.28 bits per heavy atom. The van der Waals surface area contributed by atoms with Crippen molar-refractivity contribution in [3.63, 3.8) is 0 Å². The number of aromatic amines is 2. The summed E-state index contributed by atoms with van der Waals surface area (Å²) in [7, 11) is 0. The van der Waals surface area contributed by atoms with E-state index >= 15 is 0 Å². The fourth-order valence-corrected chi connectivity index (χ4v) is 3.71. The Hall–Kier alpha value is -2.41. The van der Waals surface area contributed by atoms with Gasteiger partial charge in [0.2, 0.25) is 0 Å². The molecule has 2 aliphatic rings. The average Bonchev–Trinajstić information content (AvgIpc) is 3.18. The van der Waals surface area contributed by atoms with E-state index < -0.39 is 0 Å². The number of aromatic nitrogens is 5. The first-order chi connectivity index (χ1) is 12.4. The van der Waals surface area contributed by atoms with Gasteiger partial charge < -0.3 is 15.2 Å². The van der Waals surface area contributed by atoms with E-state index in [-0.39, 0.29) is 0 Å². The lowest BCUT2D eigenvalue weighted by molar-refractivity contribution is 0.602. The van der Waals surface area contributed by atoms with Gasteiger partial charge in [0, 0.05) is 43.5 Å². The van der Waals surface area contributed by atoms with Gasteiger partial charge in [0.05, 0.1) is 11.1 Å². The molecule has 25 heavy (non-hydrogen) atoms. The van der Waals surface area contributed by atoms with Gasteiger partial charge in [-0.1, -0.05) is 12.8 Å². The largest absolute Gasteiger partial charge is 0.351 e. The quantitative estimate of drug-likeness (QED) is 0.600. The highest BCUT2D eigenvalue weighted by Crippen LogP contribution is 2.32. The number of rotatable bonds is 6. The van der Waals surface area contributed by atoms with Crippen molar-refractivity contribution >= 4 is 16.9 Å². The molecular weight excluding hydrogens is 314 g/mol. The molecular formula is C18H23N7. The molecule has 0 bridgehead atoms. The second kappa shape index (κ2) is 6.15. The summed E-state index contributed by atoms with van der Waals surface area (Å²) in [4.78, 5) is 14.3. The van der Waals surface area contributed by atoms with Crippen molar-refractivity contribution in [3.8, 4) is 0 Å². The number of nitrogens with one attached hydrogen (secondary N) is 3. The maximum absolute atomic E-state index is 4.56. The molecule has 4 heterocycles. The summed E-state index contributed by atoms with van der Waals surface area (Å²) in [5, 5.41) is 12.4. The summed E-state index contributed by atoms with van der Waals surface area (Å²) in [5.41, 5.74) is 4.64. The molecule has 1 aliphatic carbocycles. The monoisotopic (exact) mass is 337 g/mol. The van der Waals surface area contributed by atoms with E-state index in [1.807, 2.05) is 6.20 Å². The van der Waals surface area contributed by atoms with Crippen molar-refractivity contribution in [2.24, 2.45) is 5.92 Å². The molecule has 0 spiro atoms. The van der Waals surface area contributed by atoms with Crippen LogP contribution in [0.4, 0.5) is 5.82 Å². The standard InChI is InChI=1S/C18H23N7/c1-2-12(1)3-6-19-9-16-14-10-25(8-5-15(14)23-24-16)18-13-4-7-20-17(13)21-11-22-18/h4,7,11-12,19H,1-3,5-6,8-10H2,(H,23,24)(H,20,21,22). The predicted octanol–water partition coefficient (Wildman–Crippen LogP) is 2.13. The molecule has 3 N–H and O–H groups in total. The fraction of sp³-hybridized carbons (Fsp3) is 0.500. The van der Waals surface area contributed by atoms with E-state index in [1.54, 1.807) is 6.33 Å². The molecule has 0 amide bonds. The van der Waals surface area contributed by atoms with Crippen LogP contribution in [0.25, 0.3) is 11.0 Å². The van der Waals surface area contributed by atoms with Crippen LogP contribution in [-0.2, 0) is 19.5 Å². The molecule has 5 rings (SSSR count). The Balaban J connectivity index is 1.33. The van der Waals surface area contributed by atoms with Gasteiger partial charge in [-0.2, -0.15) is 5.10 Å². The second-order valence-electron chi connectivity index (χ2n) is 7.15. The first-order valence-electron chi connectivity index (χ1n) is 9.17. The van der Waals surface area contributed by atoms with Crippen molar-refractivity contribution < 1.29 is 0 Å². The molecule has 0 unspecified atom stereocenters. The van der Waals surface area contributed by atoms with Gasteiger partial charge >= 0.3 is 0 Å². The predicted molar refractivity (Wildman–Crippen MR) is 96.3 cm³/mol. The van der Waals surface area contributed by atoms with Crippen LogP contribution in [0.1, 0.15) is 36.2 Å². The lowest BCUT2D eigenvalue weighted by atomic mass is 10.0. The van der Waals surface area contributed by atoms with Gasteiger partial charge in [-0.25, -0.2) is 9.97 Å². The highest BCUT2D eigenvalue weighted by Gasteiger charge is 2.24. The Morgan fingerprint density at radius 2 is 2.24 bits per heavy atom. The van der Waals surface area contributed by atoms with Crippen LogP contribution in [0.2, 0.25) is 0 Å². The zero-order valence-electron chi connectivity index (χ0n) is 14.3. The summed E-state index contributed by atoms with van der Waals surface area (Å²) in [6, 6.07) is 2.05. The number of fused-ring (bicyclic) bond motifs is 2. The third kappa shape index (κ3) is 2.89. The molecule has 1 fully saturated rings. The van der Waals surface area contributed by atoms with Crippen molar-refractivity contribution in [1.82, 2.24) is 30.5 Å². The van der Waals surface area contributed by atoms with Gasteiger partial charge in [-0.05, 0) is 24.9 Å². The Morgan fingerprint density at radius 3 is 3.16 bits per heavy atom. The van der Waals surface area contributed by atoms with E-state index in [0.717, 1.165) is 61.1 Å². The van der Waals surface area contributed by atoms with E-state index in [1.165, 1.54) is 30.5 Å². The molecule has 0 atom stereocenters. The molecule has 0 radical (unpaired) electrons. The van der Waals surface area contributed by atoms with Gasteiger partial charge in [-0.3, -0.25) is 5.10 Å². The topological polar surface area (TPSA) is 85.5 Å². The van der Waals surface area contributed by atoms with Gasteiger partial charge in [0.1, 0.15) is 17.8 Å². The fourth-order valence-electron chi connectivity index (χ4n) is 3.71. The van der Waals surface area contributed by atoms with Crippen molar-refractivity contribution in [3.05, 3.63) is 35.5 Å². The number of H-pyrrole nitrogens is 2. The summed E-state index contributed by atoms with van der Waals surface area (Å²) in [5.74, 6) is 1.98. The number of anilines is 1. The molecule has 0 aromatic carbocycles. The molecule has 1 saturated carbocycles. The minimum atomic E-state index is 0.843. The first-order valence-corrected chi connectivity index (χ1v) is 9.17. The lowest BCUT2D eigenvalue weighted by Crippen LogP contribution is -2.31. The van der Waals surface area contributed by atoms with E-state index in [0.29, 0.717) is 0 Å². The summed E-state index contributed by atoms with van der Waals surface area (Å²) in [6.07, 6.45) is 8.66. The lowest BCUT2D eigenvalue weighted by Gasteiger charge is -2.28. The third-order valence-corrected chi connectivity index (χ3v) is 5.37. The molecule has 1 aliphatic heterocycles. The van der Waals surface area contributed by atoms with E-state index in [9.17, 15) is 0 Å². The average molecular weight is 337 g/mol. The van der Waals surface area contributed by atoms with Crippen LogP contribution < -0.4 is 10.2 Å². The molecule has 3 aromatic heterocycles. The maximum Gasteiger partial charge on any atom is 0.142 e. The minimum Gasteiger partial charge on any atom is -0.351 e. The smallest absolute Gasteiger partial charge is 0.142 e. The molecule has 7 nitrogen and oxygen atoms in total. The molecule has 7 heteroatoms. The van der Waals surface area contributed by atoms with Gasteiger partial charge in [-0.15, -0.1) is 0 Å². The van der Waals surface area contributed by atoms with Crippen molar-refractivity contribution in [2.75, 3.05) is 18.0 Å². The highest BCUT2D eigenvalue weighted by molar-refractivity contribution is 5.87. The number of nitrogens with zero attached hydrogens (tertiary/aromatic N) is 4. The van der Waals surface area contributed by atoms with Crippen LogP contribution in [-0.4, -0.2) is 38.2 Å². The van der Waals surface area contributed by atoms with E-state index in [2.05, 4.69) is 41.4 Å². The molecule has 0 saturated heterocycles. The first kappa shape index (κ1) is 14.9. The van der Waals surface area contributed by atoms with Crippen LogP contribution in [0, 0.1) is 5.92 Å². The Bertz CT molecular complexity index is 877. The van der Waals surface area contributed by atoms with E-state index in [4.69, 9.17) is 0 Å². The summed E-state index contributed by atoms with van der Waals surface area (Å²) in [6.45, 7) is 3.73. The van der Waals surface area contributed by atoms with Crippen LogP contribution in [0.5, 0.6) is 0 Å². The molecule has 3 aromatic rings. The highest BCUT2D eigenvalue weighted by atomic mass is 15.2. The normalized spacial score (nSPS) is 17.2. The molecule has 130 valence electrons. The van der Waals surface area contributed by atoms with Crippen molar-refractivity contribution in [2.45, 2.75) is 38.8 Å². The Labute approximate surface area is 146 Å². The third-order valence-electron chi connectivity index (χ3n) is 5.37. The minimum absolute atomic E-state index is 0.843. The van der Waals surface area contributed by atoms with Crippen LogP contribution in [0.3, 0.4) is 0 Å². The summed E-state index contributed by atoms with van der Waals surface area (Å²) < 4.78 is 0. The number of hydrogen-bond acceptors (Lipinski definition) is 5. The maximum atomic E-state index is 4.56. The van der Waals surface area contributed by atoms with Gasteiger partial charge in [0.15, 0.2) is 0 Å². The van der Waals surface area contributed by atoms with Crippen LogP contribution >= 0.6 is 0 Å². The SMILES string of the molecule is c1nc(N2CCc3[nH]nc(CNCCC4CC4)c3C2)c2cc[nH]c2n1. The Kier molecular flexibility index (Phi) is 3.66. The van der Waals surface area contributed by atoms with Crippen LogP contribution in [0.15, 0.2) is 18.6 Å². The zero-order valence-corrected chi connectivity index (χ0v) is 14.3. The zero-order chi connectivity index (χ0) is 16.6. The summed E-state index contributed by atoms with van der Waals surface area (Å²) >= 11 is 0. The second-order valence-corrected chi connectivity index (χ2v) is 7.15.